The van der Waals surface area contributed by atoms with Crippen molar-refractivity contribution in [3.8, 4) is 0 Å². The lowest BCUT2D eigenvalue weighted by atomic mass is 10.0. The highest BCUT2D eigenvalue weighted by atomic mass is 16.4. The first-order chi connectivity index (χ1) is 4.34. The Hall–Kier alpha value is -1.05. The molecule has 0 heterocycles. The van der Waals surface area contributed by atoms with Crippen LogP contribution in [0.4, 0.5) is 0 Å². The van der Waals surface area contributed by atoms with Crippen molar-refractivity contribution in [2.75, 3.05) is 0 Å². The number of hydrogen-bond acceptors (Lipinski definition) is 2. The Morgan fingerprint density at radius 2 is 2.56 bits per heavy atom. The van der Waals surface area contributed by atoms with Crippen molar-refractivity contribution in [3.05, 3.63) is 24.3 Å². The van der Waals surface area contributed by atoms with Crippen LogP contribution in [0, 0.1) is 12.0 Å². The van der Waals surface area contributed by atoms with E-state index in [1.54, 1.807) is 6.08 Å². The summed E-state index contributed by atoms with van der Waals surface area (Å²) in [5.41, 5.74) is 0.595. The highest BCUT2D eigenvalue weighted by Gasteiger charge is 2.06. The van der Waals surface area contributed by atoms with E-state index in [1.165, 1.54) is 0 Å². The van der Waals surface area contributed by atoms with Gasteiger partial charge in [0.25, 0.3) is 0 Å². The van der Waals surface area contributed by atoms with Crippen molar-refractivity contribution >= 4 is 5.71 Å². The summed E-state index contributed by atoms with van der Waals surface area (Å²) in [6.07, 6.45) is 8.38. The minimum absolute atomic E-state index is 0.194. The van der Waals surface area contributed by atoms with E-state index in [4.69, 9.17) is 5.21 Å². The van der Waals surface area contributed by atoms with Crippen molar-refractivity contribution in [1.29, 1.82) is 0 Å². The predicted molar refractivity (Wildman–Crippen MR) is 35.3 cm³/mol. The summed E-state index contributed by atoms with van der Waals surface area (Å²) >= 11 is 0. The van der Waals surface area contributed by atoms with Crippen molar-refractivity contribution in [1.82, 2.24) is 0 Å². The van der Waals surface area contributed by atoms with E-state index >= 15 is 0 Å². The van der Waals surface area contributed by atoms with Gasteiger partial charge in [0, 0.05) is 12.0 Å². The average Bonchev–Trinajstić information content (AvgIpc) is 1.89. The fourth-order valence-corrected chi connectivity index (χ4v) is 0.698. The Bertz CT molecular complexity index is 179. The molecule has 0 aromatic heterocycles. The van der Waals surface area contributed by atoms with Crippen LogP contribution in [0.3, 0.4) is 0 Å². The van der Waals surface area contributed by atoms with Crippen LogP contribution in [0.1, 0.15) is 6.92 Å². The molecular weight excluding hydrogens is 114 g/mol. The average molecular weight is 122 g/mol. The quantitative estimate of drug-likeness (QED) is 0.382. The van der Waals surface area contributed by atoms with Gasteiger partial charge in [0.1, 0.15) is 0 Å². The van der Waals surface area contributed by atoms with Crippen molar-refractivity contribution in [2.24, 2.45) is 11.1 Å². The molecule has 1 unspecified atom stereocenters. The zero-order chi connectivity index (χ0) is 6.69. The lowest BCUT2D eigenvalue weighted by molar-refractivity contribution is 0.317. The molecule has 2 heteroatoms. The molecule has 1 atom stereocenters. The summed E-state index contributed by atoms with van der Waals surface area (Å²) in [5, 5.41) is 11.4. The van der Waals surface area contributed by atoms with E-state index in [2.05, 4.69) is 11.2 Å². The Kier molecular flexibility index (Phi) is 1.68. The SMILES string of the molecule is CC1C=CC=[C]C1=NO. The molecule has 0 spiro atoms. The van der Waals surface area contributed by atoms with Crippen LogP contribution in [-0.2, 0) is 0 Å². The fraction of sp³-hybridized carbons (Fsp3) is 0.286. The molecule has 0 saturated heterocycles. The second-order valence-corrected chi connectivity index (χ2v) is 1.97. The molecule has 0 aromatic carbocycles. The van der Waals surface area contributed by atoms with E-state index in [1.807, 2.05) is 19.1 Å². The first kappa shape index (κ1) is 6.08. The van der Waals surface area contributed by atoms with Gasteiger partial charge in [-0.05, 0) is 0 Å². The first-order valence-corrected chi connectivity index (χ1v) is 2.83. The molecule has 1 rings (SSSR count). The molecule has 47 valence electrons. The van der Waals surface area contributed by atoms with Gasteiger partial charge in [0.05, 0.1) is 5.71 Å². The second-order valence-electron chi connectivity index (χ2n) is 1.97. The van der Waals surface area contributed by atoms with Crippen molar-refractivity contribution in [2.45, 2.75) is 6.92 Å². The Labute approximate surface area is 54.2 Å². The molecule has 1 aliphatic rings. The predicted octanol–water partition coefficient (Wildman–Crippen LogP) is 1.38. The molecule has 0 amide bonds. The van der Waals surface area contributed by atoms with Gasteiger partial charge in [-0.15, -0.1) is 0 Å². The molecule has 2 nitrogen and oxygen atoms in total. The maximum absolute atomic E-state index is 8.33. The molecule has 1 N–H and O–H groups in total. The third kappa shape index (κ3) is 1.19. The van der Waals surface area contributed by atoms with Crippen LogP contribution >= 0.6 is 0 Å². The second kappa shape index (κ2) is 2.49. The van der Waals surface area contributed by atoms with E-state index in [-0.39, 0.29) is 5.92 Å². The zero-order valence-corrected chi connectivity index (χ0v) is 5.20. The molecule has 1 radical (unpaired) electrons. The standard InChI is InChI=1S/C7H8NO/c1-6-4-2-3-5-7(6)8-9/h2-4,6,9H,1H3. The molecular formula is C7H8NO. The molecule has 1 aliphatic carbocycles. The van der Waals surface area contributed by atoms with Gasteiger partial charge in [-0.25, -0.2) is 0 Å². The largest absolute Gasteiger partial charge is 0.411 e. The molecule has 9 heavy (non-hydrogen) atoms. The highest BCUT2D eigenvalue weighted by Crippen LogP contribution is 2.06. The summed E-state index contributed by atoms with van der Waals surface area (Å²) in [6.45, 7) is 1.95. The van der Waals surface area contributed by atoms with E-state index in [9.17, 15) is 0 Å². The third-order valence-corrected chi connectivity index (χ3v) is 1.27. The van der Waals surface area contributed by atoms with Gasteiger partial charge in [-0.2, -0.15) is 0 Å². The summed E-state index contributed by atoms with van der Waals surface area (Å²) in [7, 11) is 0. The Morgan fingerprint density at radius 3 is 3.00 bits per heavy atom. The maximum Gasteiger partial charge on any atom is 0.0940 e. The van der Waals surface area contributed by atoms with Crippen LogP contribution in [0.2, 0.25) is 0 Å². The Morgan fingerprint density at radius 1 is 1.78 bits per heavy atom. The smallest absolute Gasteiger partial charge is 0.0940 e. The minimum Gasteiger partial charge on any atom is -0.411 e. The Balaban J connectivity index is 2.78. The molecule has 0 bridgehead atoms. The van der Waals surface area contributed by atoms with Crippen LogP contribution in [0.25, 0.3) is 0 Å². The van der Waals surface area contributed by atoms with Crippen LogP contribution in [0.15, 0.2) is 23.4 Å². The first-order valence-electron chi connectivity index (χ1n) is 2.83. The van der Waals surface area contributed by atoms with Crippen LogP contribution in [-0.4, -0.2) is 10.9 Å². The minimum atomic E-state index is 0.194. The van der Waals surface area contributed by atoms with Gasteiger partial charge in [0.2, 0.25) is 0 Å². The number of rotatable bonds is 0. The molecule has 0 aromatic rings. The molecule has 0 fully saturated rings. The molecule has 0 saturated carbocycles. The summed E-state index contributed by atoms with van der Waals surface area (Å²) < 4.78 is 0. The lowest BCUT2D eigenvalue weighted by Crippen LogP contribution is -2.07. The highest BCUT2D eigenvalue weighted by molar-refractivity contribution is 5.94. The lowest BCUT2D eigenvalue weighted by Gasteiger charge is -2.05. The normalized spacial score (nSPS) is 29.4. The van der Waals surface area contributed by atoms with E-state index in [0.29, 0.717) is 5.71 Å². The van der Waals surface area contributed by atoms with E-state index in [0.717, 1.165) is 0 Å². The van der Waals surface area contributed by atoms with Crippen LogP contribution < -0.4 is 0 Å². The fourth-order valence-electron chi connectivity index (χ4n) is 0.698. The maximum atomic E-state index is 8.33. The van der Waals surface area contributed by atoms with Crippen molar-refractivity contribution in [3.63, 3.8) is 0 Å². The van der Waals surface area contributed by atoms with Gasteiger partial charge in [0.15, 0.2) is 0 Å². The van der Waals surface area contributed by atoms with Gasteiger partial charge < -0.3 is 5.21 Å². The third-order valence-electron chi connectivity index (χ3n) is 1.27. The topological polar surface area (TPSA) is 32.6 Å². The number of hydrogen-bond donors (Lipinski definition) is 1. The van der Waals surface area contributed by atoms with Gasteiger partial charge in [-0.3, -0.25) is 0 Å². The van der Waals surface area contributed by atoms with Crippen LogP contribution in [0.5, 0.6) is 0 Å². The summed E-state index contributed by atoms with van der Waals surface area (Å²) in [4.78, 5) is 0. The summed E-state index contributed by atoms with van der Waals surface area (Å²) in [5.74, 6) is 0.194. The monoisotopic (exact) mass is 122 g/mol. The number of allylic oxidation sites excluding steroid dienone is 4. The van der Waals surface area contributed by atoms with Gasteiger partial charge in [-0.1, -0.05) is 30.3 Å². The van der Waals surface area contributed by atoms with Crippen molar-refractivity contribution < 1.29 is 5.21 Å². The zero-order valence-electron chi connectivity index (χ0n) is 5.20. The number of nitrogens with zero attached hydrogens (tertiary/aromatic N) is 1. The summed E-state index contributed by atoms with van der Waals surface area (Å²) in [6, 6.07) is 0. The van der Waals surface area contributed by atoms with E-state index < -0.39 is 0 Å². The molecule has 0 aliphatic heterocycles. The number of oxime groups is 1. The van der Waals surface area contributed by atoms with Gasteiger partial charge >= 0.3 is 0 Å².